The Balaban J connectivity index is 1.90. The van der Waals surface area contributed by atoms with Crippen molar-refractivity contribution in [3.8, 4) is 0 Å². The molecule has 0 radical (unpaired) electrons. The first kappa shape index (κ1) is 17.7. The fourth-order valence-electron chi connectivity index (χ4n) is 2.05. The standard InChI is InChI=1S/C16H17BrN2O3S/c1-19(9-11-3-5-12(17)6-4-11)10-14(20)18-13-7-8-23-15(13)16(21)22-2/h3-8H,9-10H2,1-2H3,(H,18,20). The van der Waals surface area contributed by atoms with Gasteiger partial charge in [-0.15, -0.1) is 11.3 Å². The van der Waals surface area contributed by atoms with Crippen molar-refractivity contribution in [1.82, 2.24) is 4.90 Å². The van der Waals surface area contributed by atoms with Crippen molar-refractivity contribution in [2.75, 3.05) is 26.0 Å². The van der Waals surface area contributed by atoms with Crippen LogP contribution in [0, 0.1) is 0 Å². The SMILES string of the molecule is COC(=O)c1sccc1NC(=O)CN(C)Cc1ccc(Br)cc1. The summed E-state index contributed by atoms with van der Waals surface area (Å²) in [5.41, 5.74) is 1.61. The molecule has 0 spiro atoms. The second-order valence-electron chi connectivity index (χ2n) is 5.00. The predicted octanol–water partition coefficient (Wildman–Crippen LogP) is 3.37. The highest BCUT2D eigenvalue weighted by Crippen LogP contribution is 2.23. The molecule has 0 unspecified atom stereocenters. The first-order chi connectivity index (χ1) is 11.0. The van der Waals surface area contributed by atoms with Crippen LogP contribution in [0.3, 0.4) is 0 Å². The number of ether oxygens (including phenoxy) is 1. The Hall–Kier alpha value is -1.70. The van der Waals surface area contributed by atoms with Crippen LogP contribution in [-0.4, -0.2) is 37.5 Å². The van der Waals surface area contributed by atoms with Gasteiger partial charge in [-0.1, -0.05) is 28.1 Å². The van der Waals surface area contributed by atoms with Crippen molar-refractivity contribution in [2.45, 2.75) is 6.54 Å². The monoisotopic (exact) mass is 396 g/mol. The van der Waals surface area contributed by atoms with E-state index in [4.69, 9.17) is 4.74 Å². The number of likely N-dealkylation sites (N-methyl/N-ethyl adjacent to an activating group) is 1. The first-order valence-electron chi connectivity index (χ1n) is 6.88. The van der Waals surface area contributed by atoms with Gasteiger partial charge < -0.3 is 10.1 Å². The topological polar surface area (TPSA) is 58.6 Å². The minimum atomic E-state index is -0.446. The lowest BCUT2D eigenvalue weighted by Crippen LogP contribution is -2.30. The molecule has 1 heterocycles. The van der Waals surface area contributed by atoms with Gasteiger partial charge in [0.15, 0.2) is 0 Å². The van der Waals surface area contributed by atoms with Gasteiger partial charge in [0.05, 0.1) is 19.3 Å². The Morgan fingerprint density at radius 1 is 1.26 bits per heavy atom. The highest BCUT2D eigenvalue weighted by atomic mass is 79.9. The van der Waals surface area contributed by atoms with E-state index < -0.39 is 5.97 Å². The second-order valence-corrected chi connectivity index (χ2v) is 6.83. The highest BCUT2D eigenvalue weighted by Gasteiger charge is 2.16. The van der Waals surface area contributed by atoms with E-state index in [9.17, 15) is 9.59 Å². The quantitative estimate of drug-likeness (QED) is 0.760. The normalized spacial score (nSPS) is 10.6. The van der Waals surface area contributed by atoms with Crippen LogP contribution in [0.25, 0.3) is 0 Å². The average molecular weight is 397 g/mol. The Morgan fingerprint density at radius 2 is 1.96 bits per heavy atom. The molecule has 0 saturated carbocycles. The number of esters is 1. The minimum absolute atomic E-state index is 0.173. The number of nitrogens with one attached hydrogen (secondary N) is 1. The molecule has 5 nitrogen and oxygen atoms in total. The third-order valence-corrected chi connectivity index (χ3v) is 4.51. The number of anilines is 1. The molecule has 23 heavy (non-hydrogen) atoms. The number of hydrogen-bond acceptors (Lipinski definition) is 5. The summed E-state index contributed by atoms with van der Waals surface area (Å²) in [7, 11) is 3.19. The Bertz CT molecular complexity index is 685. The zero-order valence-electron chi connectivity index (χ0n) is 12.8. The van der Waals surface area contributed by atoms with Gasteiger partial charge in [0.2, 0.25) is 5.91 Å². The van der Waals surface area contributed by atoms with Crippen LogP contribution in [0.5, 0.6) is 0 Å². The average Bonchev–Trinajstić information content (AvgIpc) is 2.96. The summed E-state index contributed by atoms with van der Waals surface area (Å²) in [6.45, 7) is 0.890. The summed E-state index contributed by atoms with van der Waals surface area (Å²) in [5, 5.41) is 4.50. The van der Waals surface area contributed by atoms with Crippen LogP contribution in [0.2, 0.25) is 0 Å². The lowest BCUT2D eigenvalue weighted by molar-refractivity contribution is -0.117. The molecule has 0 saturated heterocycles. The smallest absolute Gasteiger partial charge is 0.350 e. The Morgan fingerprint density at radius 3 is 2.61 bits per heavy atom. The number of hydrogen-bond donors (Lipinski definition) is 1. The van der Waals surface area contributed by atoms with Gasteiger partial charge in [0.25, 0.3) is 0 Å². The van der Waals surface area contributed by atoms with E-state index in [2.05, 4.69) is 21.2 Å². The molecule has 122 valence electrons. The van der Waals surface area contributed by atoms with Crippen LogP contribution in [-0.2, 0) is 16.1 Å². The van der Waals surface area contributed by atoms with Crippen molar-refractivity contribution < 1.29 is 14.3 Å². The summed E-state index contributed by atoms with van der Waals surface area (Å²) in [5.74, 6) is -0.619. The molecule has 0 aliphatic carbocycles. The molecule has 0 aliphatic rings. The Kier molecular flexibility index (Phi) is 6.32. The third-order valence-electron chi connectivity index (χ3n) is 3.09. The minimum Gasteiger partial charge on any atom is -0.465 e. The maximum absolute atomic E-state index is 12.1. The van der Waals surface area contributed by atoms with Crippen LogP contribution < -0.4 is 5.32 Å². The van der Waals surface area contributed by atoms with Crippen molar-refractivity contribution >= 4 is 44.8 Å². The number of halogens is 1. The van der Waals surface area contributed by atoms with E-state index in [0.717, 1.165) is 10.0 Å². The largest absolute Gasteiger partial charge is 0.465 e. The van der Waals surface area contributed by atoms with Crippen molar-refractivity contribution in [3.63, 3.8) is 0 Å². The fourth-order valence-corrected chi connectivity index (χ4v) is 3.08. The molecule has 1 aromatic heterocycles. The molecule has 0 aliphatic heterocycles. The Labute approximate surface area is 147 Å². The van der Waals surface area contributed by atoms with Gasteiger partial charge in [0, 0.05) is 11.0 Å². The van der Waals surface area contributed by atoms with Crippen molar-refractivity contribution in [1.29, 1.82) is 0 Å². The second kappa shape index (κ2) is 8.24. The van der Waals surface area contributed by atoms with Crippen LogP contribution in [0.15, 0.2) is 40.2 Å². The zero-order valence-corrected chi connectivity index (χ0v) is 15.2. The summed E-state index contributed by atoms with van der Waals surface area (Å²) in [4.78, 5) is 26.0. The molecule has 7 heteroatoms. The molecule has 1 amide bonds. The van der Waals surface area contributed by atoms with E-state index in [0.29, 0.717) is 17.1 Å². The first-order valence-corrected chi connectivity index (χ1v) is 8.55. The van der Waals surface area contributed by atoms with Gasteiger partial charge in [-0.05, 0) is 36.2 Å². The molecule has 1 aromatic carbocycles. The molecule has 0 atom stereocenters. The van der Waals surface area contributed by atoms with Crippen molar-refractivity contribution in [2.24, 2.45) is 0 Å². The number of nitrogens with zero attached hydrogens (tertiary/aromatic N) is 1. The van der Waals surface area contributed by atoms with E-state index >= 15 is 0 Å². The number of carbonyl (C=O) groups is 2. The molecule has 0 fully saturated rings. The maximum atomic E-state index is 12.1. The van der Waals surface area contributed by atoms with E-state index in [1.54, 1.807) is 11.4 Å². The molecule has 2 aromatic rings. The van der Waals surface area contributed by atoms with E-state index in [-0.39, 0.29) is 12.5 Å². The van der Waals surface area contributed by atoms with Gasteiger partial charge >= 0.3 is 5.97 Å². The van der Waals surface area contributed by atoms with E-state index in [1.165, 1.54) is 18.4 Å². The summed E-state index contributed by atoms with van der Waals surface area (Å²) >= 11 is 4.63. The van der Waals surface area contributed by atoms with Gasteiger partial charge in [-0.3, -0.25) is 9.69 Å². The number of methoxy groups -OCH3 is 1. The summed E-state index contributed by atoms with van der Waals surface area (Å²) in [6.07, 6.45) is 0. The summed E-state index contributed by atoms with van der Waals surface area (Å²) in [6, 6.07) is 9.65. The fraction of sp³-hybridized carbons (Fsp3) is 0.250. The third kappa shape index (κ3) is 5.16. The lowest BCUT2D eigenvalue weighted by atomic mass is 10.2. The lowest BCUT2D eigenvalue weighted by Gasteiger charge is -2.16. The van der Waals surface area contributed by atoms with Gasteiger partial charge in [0.1, 0.15) is 4.88 Å². The number of carbonyl (C=O) groups excluding carboxylic acids is 2. The summed E-state index contributed by atoms with van der Waals surface area (Å²) < 4.78 is 5.72. The molecule has 2 rings (SSSR count). The van der Waals surface area contributed by atoms with Gasteiger partial charge in [-0.25, -0.2) is 4.79 Å². The molecular formula is C16H17BrN2O3S. The predicted molar refractivity (Wildman–Crippen MR) is 94.8 cm³/mol. The molecular weight excluding hydrogens is 380 g/mol. The number of benzene rings is 1. The number of thiophene rings is 1. The zero-order chi connectivity index (χ0) is 16.8. The highest BCUT2D eigenvalue weighted by molar-refractivity contribution is 9.10. The van der Waals surface area contributed by atoms with Crippen LogP contribution in [0.4, 0.5) is 5.69 Å². The molecule has 1 N–H and O–H groups in total. The number of rotatable bonds is 6. The van der Waals surface area contributed by atoms with Crippen LogP contribution in [0.1, 0.15) is 15.2 Å². The number of amides is 1. The van der Waals surface area contributed by atoms with Gasteiger partial charge in [-0.2, -0.15) is 0 Å². The van der Waals surface area contributed by atoms with E-state index in [1.807, 2.05) is 36.2 Å². The molecule has 0 bridgehead atoms. The van der Waals surface area contributed by atoms with Crippen molar-refractivity contribution in [3.05, 3.63) is 50.6 Å². The van der Waals surface area contributed by atoms with Crippen LogP contribution >= 0.6 is 27.3 Å². The maximum Gasteiger partial charge on any atom is 0.350 e.